The molecule has 0 bridgehead atoms. The van der Waals surface area contributed by atoms with Gasteiger partial charge >= 0.3 is 0 Å². The Morgan fingerprint density at radius 2 is 1.62 bits per heavy atom. The van der Waals surface area contributed by atoms with Crippen molar-refractivity contribution in [3.8, 4) is 29.1 Å². The van der Waals surface area contributed by atoms with Crippen LogP contribution in [0.1, 0.15) is 36.3 Å². The van der Waals surface area contributed by atoms with Gasteiger partial charge in [0, 0.05) is 11.1 Å². The van der Waals surface area contributed by atoms with Gasteiger partial charge in [-0.05, 0) is 48.6 Å². The van der Waals surface area contributed by atoms with Crippen LogP contribution in [0, 0.1) is 11.3 Å². The molecule has 7 nitrogen and oxygen atoms in total. The maximum atomic E-state index is 9.99. The smallest absolute Gasteiger partial charge is 0.205 e. The molecule has 2 aromatic rings. The third-order valence-corrected chi connectivity index (χ3v) is 6.22. The number of para-hydroxylation sites is 2. The molecule has 4 rings (SSSR count). The van der Waals surface area contributed by atoms with Gasteiger partial charge in [0.1, 0.15) is 17.4 Å². The summed E-state index contributed by atoms with van der Waals surface area (Å²) in [7, 11) is 6.42. The molecular formula is C27H28N2O5. The fourth-order valence-electron chi connectivity index (χ4n) is 4.74. The summed E-state index contributed by atoms with van der Waals surface area (Å²) >= 11 is 0. The molecule has 0 saturated heterocycles. The van der Waals surface area contributed by atoms with Crippen molar-refractivity contribution < 1.29 is 23.7 Å². The molecule has 1 aliphatic heterocycles. The highest BCUT2D eigenvalue weighted by atomic mass is 16.5. The number of rotatable bonds is 6. The molecule has 2 aromatic carbocycles. The highest BCUT2D eigenvalue weighted by Crippen LogP contribution is 2.50. The van der Waals surface area contributed by atoms with Gasteiger partial charge in [0.05, 0.1) is 34.4 Å². The van der Waals surface area contributed by atoms with Crippen LogP contribution in [0.15, 0.2) is 64.8 Å². The summed E-state index contributed by atoms with van der Waals surface area (Å²) in [6.45, 7) is 0. The van der Waals surface area contributed by atoms with E-state index in [1.807, 2.05) is 42.5 Å². The van der Waals surface area contributed by atoms with Crippen LogP contribution < -0.4 is 24.7 Å². The van der Waals surface area contributed by atoms with Crippen molar-refractivity contribution in [1.29, 1.82) is 5.26 Å². The maximum absolute atomic E-state index is 9.99. The Morgan fingerprint density at radius 1 is 0.941 bits per heavy atom. The van der Waals surface area contributed by atoms with E-state index in [1.54, 1.807) is 28.4 Å². The molecule has 1 aliphatic carbocycles. The van der Waals surface area contributed by atoms with E-state index >= 15 is 0 Å². The Hall–Kier alpha value is -4.05. The Morgan fingerprint density at radius 3 is 2.26 bits per heavy atom. The molecule has 7 heteroatoms. The first-order valence-corrected chi connectivity index (χ1v) is 11.0. The number of nitriles is 1. The van der Waals surface area contributed by atoms with Gasteiger partial charge in [-0.25, -0.2) is 0 Å². The highest BCUT2D eigenvalue weighted by molar-refractivity contribution is 5.69. The van der Waals surface area contributed by atoms with Crippen LogP contribution in [0.2, 0.25) is 0 Å². The summed E-state index contributed by atoms with van der Waals surface area (Å²) < 4.78 is 28.4. The van der Waals surface area contributed by atoms with Gasteiger partial charge in [0.25, 0.3) is 0 Å². The second kappa shape index (κ2) is 9.84. The molecule has 2 N–H and O–H groups in total. The summed E-state index contributed by atoms with van der Waals surface area (Å²) in [5, 5.41) is 9.99. The standard InChI is InChI=1S/C27H28N2O5/c1-30-21-12-6-9-17(25(21)32-3)14-16-8-5-10-18-23(20(15-28)27(29)34-24(16)18)19-11-7-13-22(31-2)26(19)33-4/h6-7,9,11-14,23H,5,8,10,29H2,1-4H3. The monoisotopic (exact) mass is 460 g/mol. The number of nitrogens with zero attached hydrogens (tertiary/aromatic N) is 1. The SMILES string of the molecule is COc1cccc(C=C2CCCC3=C2OC(N)=C(C#N)C3c2cccc(OC)c2OC)c1OC. The zero-order chi connectivity index (χ0) is 24.2. The van der Waals surface area contributed by atoms with Crippen LogP contribution in [-0.2, 0) is 4.74 Å². The van der Waals surface area contributed by atoms with E-state index in [2.05, 4.69) is 6.07 Å². The highest BCUT2D eigenvalue weighted by Gasteiger charge is 2.37. The first kappa shape index (κ1) is 23.1. The predicted octanol–water partition coefficient (Wildman–Crippen LogP) is 5.05. The lowest BCUT2D eigenvalue weighted by molar-refractivity contribution is 0.276. The van der Waals surface area contributed by atoms with Gasteiger partial charge in [-0.1, -0.05) is 24.3 Å². The minimum absolute atomic E-state index is 0.0986. The molecule has 0 spiro atoms. The van der Waals surface area contributed by atoms with Crippen LogP contribution in [0.5, 0.6) is 23.0 Å². The van der Waals surface area contributed by atoms with Crippen LogP contribution >= 0.6 is 0 Å². The summed E-state index contributed by atoms with van der Waals surface area (Å²) in [5.74, 6) is 2.87. The normalized spacial score (nSPS) is 18.7. The van der Waals surface area contributed by atoms with Crippen molar-refractivity contribution in [2.45, 2.75) is 25.2 Å². The van der Waals surface area contributed by atoms with Gasteiger partial charge in [0.2, 0.25) is 5.88 Å². The van der Waals surface area contributed by atoms with Crippen molar-refractivity contribution in [3.05, 3.63) is 75.9 Å². The van der Waals surface area contributed by atoms with Gasteiger partial charge in [-0.2, -0.15) is 5.26 Å². The number of hydrogen-bond acceptors (Lipinski definition) is 7. The summed E-state index contributed by atoms with van der Waals surface area (Å²) in [4.78, 5) is 0. The summed E-state index contributed by atoms with van der Waals surface area (Å²) in [6.07, 6.45) is 4.52. The molecular weight excluding hydrogens is 432 g/mol. The lowest BCUT2D eigenvalue weighted by Crippen LogP contribution is -2.24. The molecule has 1 unspecified atom stereocenters. The van der Waals surface area contributed by atoms with Crippen LogP contribution in [0.25, 0.3) is 6.08 Å². The molecule has 2 aliphatic rings. The summed E-state index contributed by atoms with van der Waals surface area (Å²) in [6, 6.07) is 13.7. The average Bonchev–Trinajstić information content (AvgIpc) is 2.87. The third-order valence-electron chi connectivity index (χ3n) is 6.22. The fraction of sp³-hybridized carbons (Fsp3) is 0.296. The molecule has 0 fully saturated rings. The maximum Gasteiger partial charge on any atom is 0.205 e. The van der Waals surface area contributed by atoms with Crippen LogP contribution in [-0.4, -0.2) is 28.4 Å². The fourth-order valence-corrected chi connectivity index (χ4v) is 4.74. The van der Waals surface area contributed by atoms with E-state index < -0.39 is 5.92 Å². The average molecular weight is 461 g/mol. The molecule has 1 heterocycles. The van der Waals surface area contributed by atoms with E-state index in [-0.39, 0.29) is 5.88 Å². The van der Waals surface area contributed by atoms with E-state index in [9.17, 15) is 5.26 Å². The number of ether oxygens (including phenoxy) is 5. The Labute approximate surface area is 199 Å². The zero-order valence-electron chi connectivity index (χ0n) is 19.8. The number of hydrogen-bond donors (Lipinski definition) is 1. The topological polar surface area (TPSA) is 96.0 Å². The number of benzene rings is 2. The third kappa shape index (κ3) is 3.92. The molecule has 0 saturated carbocycles. The van der Waals surface area contributed by atoms with Gasteiger partial charge in [0.15, 0.2) is 23.0 Å². The first-order chi connectivity index (χ1) is 16.6. The van der Waals surface area contributed by atoms with Crippen molar-refractivity contribution in [2.24, 2.45) is 5.73 Å². The van der Waals surface area contributed by atoms with Crippen molar-refractivity contribution in [2.75, 3.05) is 28.4 Å². The minimum atomic E-state index is -0.394. The van der Waals surface area contributed by atoms with E-state index in [4.69, 9.17) is 29.4 Å². The Kier molecular flexibility index (Phi) is 6.69. The van der Waals surface area contributed by atoms with E-state index in [0.29, 0.717) is 34.3 Å². The van der Waals surface area contributed by atoms with Gasteiger partial charge in [-0.15, -0.1) is 0 Å². The van der Waals surface area contributed by atoms with Gasteiger partial charge < -0.3 is 29.4 Å². The second-order valence-electron chi connectivity index (χ2n) is 7.97. The molecule has 34 heavy (non-hydrogen) atoms. The second-order valence-corrected chi connectivity index (χ2v) is 7.97. The number of allylic oxidation sites excluding steroid dienone is 3. The quantitative estimate of drug-likeness (QED) is 0.644. The van der Waals surface area contributed by atoms with Crippen molar-refractivity contribution in [1.82, 2.24) is 0 Å². The molecule has 0 amide bonds. The summed E-state index contributed by atoms with van der Waals surface area (Å²) in [5.41, 5.74) is 10.3. The first-order valence-electron chi connectivity index (χ1n) is 11.0. The van der Waals surface area contributed by atoms with Crippen molar-refractivity contribution >= 4 is 6.08 Å². The minimum Gasteiger partial charge on any atom is -0.493 e. The largest absolute Gasteiger partial charge is 0.493 e. The lowest BCUT2D eigenvalue weighted by atomic mass is 9.76. The van der Waals surface area contributed by atoms with Gasteiger partial charge in [-0.3, -0.25) is 0 Å². The number of methoxy groups -OCH3 is 4. The predicted molar refractivity (Wildman–Crippen MR) is 129 cm³/mol. The van der Waals surface area contributed by atoms with Crippen LogP contribution in [0.4, 0.5) is 0 Å². The molecule has 1 atom stereocenters. The zero-order valence-corrected chi connectivity index (χ0v) is 19.8. The molecule has 0 aromatic heterocycles. The van der Waals surface area contributed by atoms with Crippen molar-refractivity contribution in [3.63, 3.8) is 0 Å². The lowest BCUT2D eigenvalue weighted by Gasteiger charge is -2.34. The van der Waals surface area contributed by atoms with E-state index in [0.717, 1.165) is 41.5 Å². The molecule has 176 valence electrons. The van der Waals surface area contributed by atoms with E-state index in [1.165, 1.54) is 0 Å². The number of nitrogens with two attached hydrogens (primary N) is 1. The Bertz CT molecular complexity index is 1240. The Balaban J connectivity index is 1.90. The molecule has 0 radical (unpaired) electrons. The van der Waals surface area contributed by atoms with Crippen LogP contribution in [0.3, 0.4) is 0 Å².